The topological polar surface area (TPSA) is 67.2 Å². The van der Waals surface area contributed by atoms with E-state index in [1.807, 2.05) is 47.0 Å². The highest BCUT2D eigenvalue weighted by Gasteiger charge is 2.49. The van der Waals surface area contributed by atoms with E-state index in [4.69, 9.17) is 0 Å². The first-order chi connectivity index (χ1) is 9.79. The molecular formula is C15H24N4O2. The normalized spacial score (nSPS) is 26.4. The Bertz CT molecular complexity index is 552. The van der Waals surface area contributed by atoms with Gasteiger partial charge in [0.15, 0.2) is 0 Å². The first kappa shape index (κ1) is 15.5. The summed E-state index contributed by atoms with van der Waals surface area (Å²) in [6.07, 6.45) is 2.41. The summed E-state index contributed by atoms with van der Waals surface area (Å²) in [6.45, 7) is 7.99. The van der Waals surface area contributed by atoms with Gasteiger partial charge in [-0.3, -0.25) is 14.3 Å². The Morgan fingerprint density at radius 1 is 1.43 bits per heavy atom. The Morgan fingerprint density at radius 2 is 2.10 bits per heavy atom. The second-order valence-corrected chi connectivity index (χ2v) is 6.23. The molecule has 116 valence electrons. The molecule has 1 saturated heterocycles. The van der Waals surface area contributed by atoms with Crippen LogP contribution in [0, 0.1) is 5.92 Å². The van der Waals surface area contributed by atoms with Crippen LogP contribution in [0.1, 0.15) is 39.8 Å². The predicted octanol–water partition coefficient (Wildman–Crippen LogP) is 1.07. The van der Waals surface area contributed by atoms with Gasteiger partial charge in [0.1, 0.15) is 11.6 Å². The molecule has 1 aromatic heterocycles. The largest absolute Gasteiger partial charge is 0.342 e. The summed E-state index contributed by atoms with van der Waals surface area (Å²) in [4.78, 5) is 26.9. The lowest BCUT2D eigenvalue weighted by Crippen LogP contribution is -2.69. The number of carbonyl (C=O) groups excluding carboxylic acids is 2. The van der Waals surface area contributed by atoms with Gasteiger partial charge in [-0.1, -0.05) is 20.8 Å². The lowest BCUT2D eigenvalue weighted by molar-refractivity contribution is -0.159. The van der Waals surface area contributed by atoms with E-state index in [0.717, 1.165) is 5.69 Å². The Labute approximate surface area is 125 Å². The van der Waals surface area contributed by atoms with Crippen molar-refractivity contribution < 1.29 is 9.59 Å². The van der Waals surface area contributed by atoms with E-state index in [0.29, 0.717) is 13.0 Å². The van der Waals surface area contributed by atoms with Crippen molar-refractivity contribution in [2.75, 3.05) is 0 Å². The van der Waals surface area contributed by atoms with Gasteiger partial charge in [0, 0.05) is 13.2 Å². The van der Waals surface area contributed by atoms with E-state index in [1.54, 1.807) is 9.58 Å². The minimum atomic E-state index is -0.819. The Kier molecular flexibility index (Phi) is 4.07. The molecule has 2 rings (SSSR count). The van der Waals surface area contributed by atoms with Gasteiger partial charge in [-0.2, -0.15) is 5.10 Å². The minimum absolute atomic E-state index is 0.0281. The molecule has 1 N–H and O–H groups in total. The molecule has 2 atom stereocenters. The Hall–Kier alpha value is -1.85. The summed E-state index contributed by atoms with van der Waals surface area (Å²) in [5.74, 6) is -0.0482. The molecule has 6 nitrogen and oxygen atoms in total. The van der Waals surface area contributed by atoms with Crippen LogP contribution in [0.15, 0.2) is 12.3 Å². The summed E-state index contributed by atoms with van der Waals surface area (Å²) in [5, 5.41) is 7.20. The van der Waals surface area contributed by atoms with E-state index in [1.165, 1.54) is 0 Å². The third-order valence-corrected chi connectivity index (χ3v) is 4.35. The predicted molar refractivity (Wildman–Crippen MR) is 79.2 cm³/mol. The molecule has 0 spiro atoms. The molecule has 2 unspecified atom stereocenters. The van der Waals surface area contributed by atoms with Crippen molar-refractivity contribution >= 4 is 11.8 Å². The van der Waals surface area contributed by atoms with Crippen LogP contribution in [0.5, 0.6) is 0 Å². The molecule has 1 aliphatic heterocycles. The number of nitrogens with one attached hydrogen (secondary N) is 1. The van der Waals surface area contributed by atoms with Gasteiger partial charge in [0.25, 0.3) is 0 Å². The highest BCUT2D eigenvalue weighted by molar-refractivity contribution is 5.99. The van der Waals surface area contributed by atoms with Crippen LogP contribution in [0.3, 0.4) is 0 Å². The highest BCUT2D eigenvalue weighted by atomic mass is 16.2. The first-order valence-electron chi connectivity index (χ1n) is 7.40. The van der Waals surface area contributed by atoms with Crippen LogP contribution >= 0.6 is 0 Å². The Balaban J connectivity index is 2.34. The van der Waals surface area contributed by atoms with Crippen molar-refractivity contribution in [1.29, 1.82) is 0 Å². The van der Waals surface area contributed by atoms with Crippen molar-refractivity contribution in [2.45, 2.75) is 52.2 Å². The van der Waals surface area contributed by atoms with Crippen molar-refractivity contribution in [2.24, 2.45) is 13.0 Å². The van der Waals surface area contributed by atoms with Gasteiger partial charge < -0.3 is 10.2 Å². The average Bonchev–Trinajstić information content (AvgIpc) is 2.84. The maximum Gasteiger partial charge on any atom is 0.246 e. The van der Waals surface area contributed by atoms with E-state index >= 15 is 0 Å². The molecule has 1 aliphatic rings. The van der Waals surface area contributed by atoms with Crippen LogP contribution in [-0.2, 0) is 23.2 Å². The Morgan fingerprint density at radius 3 is 2.57 bits per heavy atom. The third-order valence-electron chi connectivity index (χ3n) is 4.35. The SMILES string of the molecule is CCC1(C)C(=O)NC(C(C)C)C(=O)N1Cc1ccn(C)n1. The number of rotatable bonds is 4. The standard InChI is InChI=1S/C15H24N4O2/c1-6-15(4)14(21)16-12(10(2)3)13(20)19(15)9-11-7-8-18(5)17-11/h7-8,10,12H,6,9H2,1-5H3,(H,16,21). The highest BCUT2D eigenvalue weighted by Crippen LogP contribution is 2.28. The van der Waals surface area contributed by atoms with Crippen molar-refractivity contribution in [3.05, 3.63) is 18.0 Å². The molecule has 0 aromatic carbocycles. The number of carbonyl (C=O) groups is 2. The van der Waals surface area contributed by atoms with Gasteiger partial charge in [0.2, 0.25) is 11.8 Å². The molecule has 0 bridgehead atoms. The monoisotopic (exact) mass is 292 g/mol. The summed E-state index contributed by atoms with van der Waals surface area (Å²) in [5.41, 5.74) is -0.0253. The van der Waals surface area contributed by atoms with Gasteiger partial charge >= 0.3 is 0 Å². The number of hydrogen-bond acceptors (Lipinski definition) is 3. The van der Waals surface area contributed by atoms with Gasteiger partial charge in [0.05, 0.1) is 12.2 Å². The fourth-order valence-electron chi connectivity index (χ4n) is 2.66. The van der Waals surface area contributed by atoms with Gasteiger partial charge in [-0.15, -0.1) is 0 Å². The van der Waals surface area contributed by atoms with Crippen LogP contribution in [-0.4, -0.2) is 38.1 Å². The first-order valence-corrected chi connectivity index (χ1v) is 7.40. The van der Waals surface area contributed by atoms with Crippen LogP contribution < -0.4 is 5.32 Å². The minimum Gasteiger partial charge on any atom is -0.342 e. The van der Waals surface area contributed by atoms with Crippen LogP contribution in [0.25, 0.3) is 0 Å². The number of aryl methyl sites for hydroxylation is 1. The maximum atomic E-state index is 12.8. The molecule has 2 amide bonds. The molecule has 1 aromatic rings. The summed E-state index contributed by atoms with van der Waals surface area (Å²) in [7, 11) is 1.84. The van der Waals surface area contributed by atoms with E-state index in [9.17, 15) is 9.59 Å². The van der Waals surface area contributed by atoms with E-state index in [-0.39, 0.29) is 17.7 Å². The average molecular weight is 292 g/mol. The number of hydrogen-bond donors (Lipinski definition) is 1. The maximum absolute atomic E-state index is 12.8. The van der Waals surface area contributed by atoms with E-state index < -0.39 is 11.6 Å². The van der Waals surface area contributed by atoms with Crippen molar-refractivity contribution in [3.8, 4) is 0 Å². The zero-order chi connectivity index (χ0) is 15.8. The lowest BCUT2D eigenvalue weighted by atomic mass is 9.87. The molecular weight excluding hydrogens is 268 g/mol. The quantitative estimate of drug-likeness (QED) is 0.902. The molecule has 2 heterocycles. The fraction of sp³-hybridized carbons (Fsp3) is 0.667. The molecule has 0 saturated carbocycles. The van der Waals surface area contributed by atoms with Crippen molar-refractivity contribution in [1.82, 2.24) is 20.0 Å². The molecule has 6 heteroatoms. The van der Waals surface area contributed by atoms with Gasteiger partial charge in [-0.25, -0.2) is 0 Å². The zero-order valence-electron chi connectivity index (χ0n) is 13.4. The second kappa shape index (κ2) is 5.50. The number of nitrogens with zero attached hydrogens (tertiary/aromatic N) is 3. The lowest BCUT2D eigenvalue weighted by Gasteiger charge is -2.46. The van der Waals surface area contributed by atoms with Crippen LogP contribution in [0.4, 0.5) is 0 Å². The molecule has 0 aliphatic carbocycles. The summed E-state index contributed by atoms with van der Waals surface area (Å²) in [6, 6.07) is 1.42. The summed E-state index contributed by atoms with van der Waals surface area (Å²) >= 11 is 0. The fourth-order valence-corrected chi connectivity index (χ4v) is 2.66. The third kappa shape index (κ3) is 2.66. The number of piperazine rings is 1. The van der Waals surface area contributed by atoms with E-state index in [2.05, 4.69) is 10.4 Å². The summed E-state index contributed by atoms with van der Waals surface area (Å²) < 4.78 is 1.70. The molecule has 21 heavy (non-hydrogen) atoms. The second-order valence-electron chi connectivity index (χ2n) is 6.23. The van der Waals surface area contributed by atoms with Gasteiger partial charge in [-0.05, 0) is 25.3 Å². The number of amides is 2. The smallest absolute Gasteiger partial charge is 0.246 e. The van der Waals surface area contributed by atoms with Crippen LogP contribution in [0.2, 0.25) is 0 Å². The molecule has 1 fully saturated rings. The number of aromatic nitrogens is 2. The van der Waals surface area contributed by atoms with Crippen molar-refractivity contribution in [3.63, 3.8) is 0 Å². The zero-order valence-corrected chi connectivity index (χ0v) is 13.4. The molecule has 0 radical (unpaired) electrons.